The van der Waals surface area contributed by atoms with Gasteiger partial charge in [0.15, 0.2) is 0 Å². The lowest BCUT2D eigenvalue weighted by Gasteiger charge is -2.33. The second kappa shape index (κ2) is 8.13. The molecule has 0 radical (unpaired) electrons. The Morgan fingerprint density at radius 2 is 1.97 bits per heavy atom. The summed E-state index contributed by atoms with van der Waals surface area (Å²) in [7, 11) is 5.20. The smallest absolute Gasteiger partial charge is 0.255 e. The fourth-order valence-corrected chi connectivity index (χ4v) is 3.88. The summed E-state index contributed by atoms with van der Waals surface area (Å²) in [6.07, 6.45) is 2.51. The molecule has 7 nitrogen and oxygen atoms in total. The van der Waals surface area contributed by atoms with Crippen LogP contribution in [0.5, 0.6) is 5.88 Å². The number of nitrogens with one attached hydrogen (secondary N) is 1. The molecule has 1 atom stereocenters. The number of ether oxygens (including phenoxy) is 2. The summed E-state index contributed by atoms with van der Waals surface area (Å²) in [6.45, 7) is 1.93. The number of amides is 1. The van der Waals surface area contributed by atoms with E-state index in [0.717, 1.165) is 48.2 Å². The number of hydrogen-bond donors (Lipinski definition) is 1. The van der Waals surface area contributed by atoms with Gasteiger partial charge in [-0.3, -0.25) is 4.79 Å². The summed E-state index contributed by atoms with van der Waals surface area (Å²) in [5, 5.41) is 8.25. The number of rotatable bonds is 5. The van der Waals surface area contributed by atoms with Crippen LogP contribution in [0.25, 0.3) is 10.9 Å². The fourth-order valence-electron chi connectivity index (χ4n) is 3.88. The number of fused-ring (bicyclic) bond motifs is 1. The predicted molar refractivity (Wildman–Crippen MR) is 114 cm³/mol. The maximum atomic E-state index is 12.7. The van der Waals surface area contributed by atoms with Crippen LogP contribution in [0, 0.1) is 0 Å². The molecule has 1 aromatic heterocycles. The van der Waals surface area contributed by atoms with Gasteiger partial charge in [0.25, 0.3) is 5.91 Å². The fraction of sp³-hybridized carbons (Fsp3) is 0.364. The van der Waals surface area contributed by atoms with E-state index in [1.54, 1.807) is 31.0 Å². The van der Waals surface area contributed by atoms with Gasteiger partial charge < -0.3 is 19.7 Å². The summed E-state index contributed by atoms with van der Waals surface area (Å²) in [5.41, 5.74) is 3.19. The molecule has 152 valence electrons. The predicted octanol–water partition coefficient (Wildman–Crippen LogP) is 3.45. The van der Waals surface area contributed by atoms with E-state index in [-0.39, 0.29) is 12.0 Å². The third-order valence-electron chi connectivity index (χ3n) is 5.44. The van der Waals surface area contributed by atoms with Crippen molar-refractivity contribution in [2.75, 3.05) is 37.5 Å². The van der Waals surface area contributed by atoms with Crippen LogP contribution in [0.4, 0.5) is 11.4 Å². The number of nitrogens with zero attached hydrogens (tertiary/aromatic N) is 3. The highest BCUT2D eigenvalue weighted by Crippen LogP contribution is 2.26. The largest absolute Gasteiger partial charge is 0.481 e. The molecule has 1 aliphatic heterocycles. The van der Waals surface area contributed by atoms with Crippen molar-refractivity contribution in [2.24, 2.45) is 7.05 Å². The molecule has 1 saturated heterocycles. The van der Waals surface area contributed by atoms with Gasteiger partial charge in [0.1, 0.15) is 0 Å². The number of carbonyl (C=O) groups is 1. The third kappa shape index (κ3) is 3.91. The van der Waals surface area contributed by atoms with E-state index >= 15 is 0 Å². The van der Waals surface area contributed by atoms with Crippen LogP contribution in [0.1, 0.15) is 23.2 Å². The highest BCUT2D eigenvalue weighted by Gasteiger charge is 2.19. The number of aryl methyl sites for hydroxylation is 1. The van der Waals surface area contributed by atoms with Crippen molar-refractivity contribution in [3.05, 3.63) is 48.0 Å². The Morgan fingerprint density at radius 1 is 1.17 bits per heavy atom. The molecule has 29 heavy (non-hydrogen) atoms. The zero-order valence-corrected chi connectivity index (χ0v) is 17.0. The van der Waals surface area contributed by atoms with E-state index in [9.17, 15) is 4.79 Å². The Balaban J connectivity index is 1.46. The molecule has 0 bridgehead atoms. The van der Waals surface area contributed by atoms with Crippen molar-refractivity contribution < 1.29 is 14.3 Å². The van der Waals surface area contributed by atoms with E-state index in [1.807, 2.05) is 37.4 Å². The summed E-state index contributed by atoms with van der Waals surface area (Å²) in [4.78, 5) is 15.0. The maximum absolute atomic E-state index is 12.7. The number of benzene rings is 2. The highest BCUT2D eigenvalue weighted by atomic mass is 16.5. The standard InChI is InChI=1S/C22H26N4O3/c1-25-22(29-3)19-11-6-15(13-20(19)24-25)21(27)23-16-7-9-17(10-8-16)26-12-4-5-18(14-26)28-2/h6-11,13,18H,4-5,12,14H2,1-3H3,(H,23,27)/t18-/m1/s1. The molecular weight excluding hydrogens is 368 g/mol. The van der Waals surface area contributed by atoms with Gasteiger partial charge in [-0.25, -0.2) is 4.68 Å². The summed E-state index contributed by atoms with van der Waals surface area (Å²) in [5.74, 6) is 0.512. The number of anilines is 2. The first kappa shape index (κ1) is 19.3. The van der Waals surface area contributed by atoms with Crippen LogP contribution in [-0.4, -0.2) is 49.1 Å². The van der Waals surface area contributed by atoms with Gasteiger partial charge in [0, 0.05) is 44.2 Å². The van der Waals surface area contributed by atoms with Crippen molar-refractivity contribution in [3.8, 4) is 5.88 Å². The first-order valence-electron chi connectivity index (χ1n) is 9.79. The van der Waals surface area contributed by atoms with Gasteiger partial charge >= 0.3 is 0 Å². The topological polar surface area (TPSA) is 68.6 Å². The molecular formula is C22H26N4O3. The third-order valence-corrected chi connectivity index (χ3v) is 5.44. The molecule has 1 N–H and O–H groups in total. The van der Waals surface area contributed by atoms with Gasteiger partial charge in [-0.2, -0.15) is 5.10 Å². The van der Waals surface area contributed by atoms with Gasteiger partial charge in [0.05, 0.1) is 24.1 Å². The van der Waals surface area contributed by atoms with Crippen molar-refractivity contribution >= 4 is 28.2 Å². The minimum absolute atomic E-state index is 0.165. The van der Waals surface area contributed by atoms with Crippen LogP contribution in [0.3, 0.4) is 0 Å². The van der Waals surface area contributed by atoms with Crippen LogP contribution in [-0.2, 0) is 11.8 Å². The lowest BCUT2D eigenvalue weighted by molar-refractivity contribution is 0.0893. The molecule has 2 heterocycles. The summed E-state index contributed by atoms with van der Waals surface area (Å²) in [6, 6.07) is 13.4. The Hall–Kier alpha value is -3.06. The Kier molecular flexibility index (Phi) is 5.40. The van der Waals surface area contributed by atoms with Crippen LogP contribution >= 0.6 is 0 Å². The number of methoxy groups -OCH3 is 2. The second-order valence-corrected chi connectivity index (χ2v) is 7.31. The van der Waals surface area contributed by atoms with E-state index in [0.29, 0.717) is 11.4 Å². The average molecular weight is 394 g/mol. The molecule has 0 saturated carbocycles. The molecule has 1 amide bonds. The number of hydrogen-bond acceptors (Lipinski definition) is 5. The van der Waals surface area contributed by atoms with Gasteiger partial charge in [-0.1, -0.05) is 0 Å². The number of aromatic nitrogens is 2. The van der Waals surface area contributed by atoms with Gasteiger partial charge in [0.2, 0.25) is 5.88 Å². The minimum Gasteiger partial charge on any atom is -0.481 e. The Bertz CT molecular complexity index is 1010. The van der Waals surface area contributed by atoms with Crippen molar-refractivity contribution in [2.45, 2.75) is 18.9 Å². The van der Waals surface area contributed by atoms with Crippen LogP contribution in [0.15, 0.2) is 42.5 Å². The average Bonchev–Trinajstić information content (AvgIpc) is 3.08. The molecule has 1 aliphatic rings. The molecule has 0 spiro atoms. The van der Waals surface area contributed by atoms with Crippen LogP contribution < -0.4 is 15.0 Å². The first-order valence-corrected chi connectivity index (χ1v) is 9.79. The number of piperidine rings is 1. The molecule has 7 heteroatoms. The molecule has 0 unspecified atom stereocenters. The maximum Gasteiger partial charge on any atom is 0.255 e. The van der Waals surface area contributed by atoms with Crippen LogP contribution in [0.2, 0.25) is 0 Å². The highest BCUT2D eigenvalue weighted by molar-refractivity contribution is 6.06. The Labute approximate surface area is 170 Å². The molecule has 0 aliphatic carbocycles. The summed E-state index contributed by atoms with van der Waals surface area (Å²) < 4.78 is 12.5. The Morgan fingerprint density at radius 3 is 2.69 bits per heavy atom. The molecule has 4 rings (SSSR count). The second-order valence-electron chi connectivity index (χ2n) is 7.31. The molecule has 2 aromatic carbocycles. The SMILES string of the molecule is COc1c2ccc(C(=O)Nc3ccc(N4CCC[C@@H](OC)C4)cc3)cc2nn1C. The number of carbonyl (C=O) groups excluding carboxylic acids is 1. The lowest BCUT2D eigenvalue weighted by atomic mass is 10.1. The van der Waals surface area contributed by atoms with Gasteiger partial charge in [-0.05, 0) is 55.3 Å². The van der Waals surface area contributed by atoms with E-state index in [4.69, 9.17) is 9.47 Å². The first-order chi connectivity index (χ1) is 14.1. The zero-order valence-electron chi connectivity index (χ0n) is 17.0. The monoisotopic (exact) mass is 394 g/mol. The zero-order chi connectivity index (χ0) is 20.4. The lowest BCUT2D eigenvalue weighted by Crippen LogP contribution is -2.39. The van der Waals surface area contributed by atoms with E-state index in [2.05, 4.69) is 15.3 Å². The van der Waals surface area contributed by atoms with Gasteiger partial charge in [-0.15, -0.1) is 0 Å². The molecule has 3 aromatic rings. The minimum atomic E-state index is -0.165. The van der Waals surface area contributed by atoms with Crippen molar-refractivity contribution in [3.63, 3.8) is 0 Å². The quantitative estimate of drug-likeness (QED) is 0.718. The van der Waals surface area contributed by atoms with E-state index < -0.39 is 0 Å². The summed E-state index contributed by atoms with van der Waals surface area (Å²) >= 11 is 0. The molecule has 1 fully saturated rings. The van der Waals surface area contributed by atoms with E-state index in [1.165, 1.54) is 0 Å². The normalized spacial score (nSPS) is 16.8. The van der Waals surface area contributed by atoms with Crippen molar-refractivity contribution in [1.29, 1.82) is 0 Å². The van der Waals surface area contributed by atoms with Crippen molar-refractivity contribution in [1.82, 2.24) is 9.78 Å².